The normalized spacial score (nSPS) is 52.0. The fraction of sp³-hybridized carbons (Fsp3) is 0.762. The van der Waals surface area contributed by atoms with Crippen molar-refractivity contribution < 1.29 is 4.79 Å². The summed E-state index contributed by atoms with van der Waals surface area (Å²) in [5.41, 5.74) is 2.78. The van der Waals surface area contributed by atoms with Crippen LogP contribution < -0.4 is 0 Å². The first-order valence-electron chi connectivity index (χ1n) is 9.05. The van der Waals surface area contributed by atoms with Crippen LogP contribution in [0.15, 0.2) is 23.3 Å². The Kier molecular flexibility index (Phi) is 2.66. The van der Waals surface area contributed by atoms with Crippen LogP contribution >= 0.6 is 0 Å². The minimum absolute atomic E-state index is 0.184. The highest BCUT2D eigenvalue weighted by Crippen LogP contribution is 2.74. The average Bonchev–Trinajstić information content (AvgIpc) is 2.82. The third kappa shape index (κ3) is 1.49. The molecule has 0 aromatic heterocycles. The van der Waals surface area contributed by atoms with Crippen molar-refractivity contribution in [3.8, 4) is 0 Å². The van der Waals surface area contributed by atoms with E-state index >= 15 is 0 Å². The van der Waals surface area contributed by atoms with Crippen LogP contribution in [0.3, 0.4) is 0 Å². The molecular weight excluding hydrogens is 268 g/mol. The monoisotopic (exact) mass is 298 g/mol. The number of allylic oxidation sites excluding steroid dienone is 4. The molecule has 2 fully saturated rings. The van der Waals surface area contributed by atoms with Gasteiger partial charge in [0.15, 0.2) is 5.78 Å². The number of hydrogen-bond acceptors (Lipinski definition) is 1. The molecule has 120 valence electrons. The van der Waals surface area contributed by atoms with Gasteiger partial charge in [-0.2, -0.15) is 0 Å². The molecule has 0 radical (unpaired) electrons. The van der Waals surface area contributed by atoms with Crippen molar-refractivity contribution in [1.29, 1.82) is 0 Å². The first-order valence-corrected chi connectivity index (χ1v) is 9.05. The maximum absolute atomic E-state index is 13.9. The van der Waals surface area contributed by atoms with E-state index in [0.29, 0.717) is 34.9 Å². The second kappa shape index (κ2) is 3.97. The van der Waals surface area contributed by atoms with E-state index in [1.54, 1.807) is 0 Å². The van der Waals surface area contributed by atoms with Gasteiger partial charge in [0.05, 0.1) is 5.41 Å². The summed E-state index contributed by atoms with van der Waals surface area (Å²) in [6.45, 7) is 13.9. The second-order valence-corrected chi connectivity index (χ2v) is 9.67. The molecule has 4 rings (SSSR count). The maximum atomic E-state index is 13.9. The van der Waals surface area contributed by atoms with Crippen LogP contribution in [0.1, 0.15) is 60.8 Å². The Morgan fingerprint density at radius 3 is 2.27 bits per heavy atom. The van der Waals surface area contributed by atoms with E-state index in [0.717, 1.165) is 12.8 Å². The van der Waals surface area contributed by atoms with Gasteiger partial charge in [0.1, 0.15) is 0 Å². The zero-order valence-corrected chi connectivity index (χ0v) is 15.0. The molecule has 0 N–H and O–H groups in total. The number of Topliss-reactive ketones (excluding diaryl/α,β-unsaturated/α-hetero) is 1. The van der Waals surface area contributed by atoms with Crippen molar-refractivity contribution in [2.45, 2.75) is 60.8 Å². The summed E-state index contributed by atoms with van der Waals surface area (Å²) in [4.78, 5) is 13.9. The van der Waals surface area contributed by atoms with Crippen LogP contribution in [0.4, 0.5) is 0 Å². The smallest absolute Gasteiger partial charge is 0.153 e. The number of ketones is 1. The molecule has 1 spiro atoms. The first kappa shape index (κ1) is 14.7. The highest BCUT2D eigenvalue weighted by atomic mass is 16.1. The second-order valence-electron chi connectivity index (χ2n) is 9.67. The lowest BCUT2D eigenvalue weighted by Crippen LogP contribution is -2.46. The molecular formula is C21H30O. The van der Waals surface area contributed by atoms with Crippen molar-refractivity contribution in [3.05, 3.63) is 23.3 Å². The van der Waals surface area contributed by atoms with Crippen LogP contribution in [-0.4, -0.2) is 5.78 Å². The predicted octanol–water partition coefficient (Wildman–Crippen LogP) is 5.18. The van der Waals surface area contributed by atoms with Gasteiger partial charge in [0, 0.05) is 5.41 Å². The topological polar surface area (TPSA) is 17.1 Å². The molecule has 0 unspecified atom stereocenters. The van der Waals surface area contributed by atoms with Crippen LogP contribution in [0.2, 0.25) is 0 Å². The Hall–Kier alpha value is -0.850. The Balaban J connectivity index is 1.95. The van der Waals surface area contributed by atoms with E-state index in [1.807, 2.05) is 0 Å². The minimum Gasteiger partial charge on any atom is -0.298 e. The predicted molar refractivity (Wildman–Crippen MR) is 90.3 cm³/mol. The molecule has 1 heteroatoms. The quantitative estimate of drug-likeness (QED) is 0.563. The van der Waals surface area contributed by atoms with Crippen LogP contribution in [-0.2, 0) is 4.79 Å². The Labute approximate surface area is 135 Å². The summed E-state index contributed by atoms with van der Waals surface area (Å²) in [5, 5.41) is 0. The van der Waals surface area contributed by atoms with E-state index in [-0.39, 0.29) is 10.8 Å². The van der Waals surface area contributed by atoms with E-state index < -0.39 is 0 Å². The highest BCUT2D eigenvalue weighted by molar-refractivity contribution is 5.96. The van der Waals surface area contributed by atoms with Gasteiger partial charge in [-0.25, -0.2) is 0 Å². The van der Waals surface area contributed by atoms with Gasteiger partial charge in [-0.1, -0.05) is 44.1 Å². The highest BCUT2D eigenvalue weighted by Gasteiger charge is 2.72. The average molecular weight is 298 g/mol. The van der Waals surface area contributed by atoms with Gasteiger partial charge in [-0.05, 0) is 69.1 Å². The minimum atomic E-state index is -0.251. The number of rotatable bonds is 0. The molecule has 0 saturated heterocycles. The van der Waals surface area contributed by atoms with Gasteiger partial charge in [0.2, 0.25) is 0 Å². The SMILES string of the molecule is CC1=C[C@]23C(=O)[C@@](C)(C=C(C)C[C@@H]2C1)[C@H]1[C@@H](C[C@H]3C)C1(C)C. The number of carbonyl (C=O) groups excluding carboxylic acids is 1. The standard InChI is InChI=1S/C21H30O/c1-12-7-15-8-13(2)11-21(15)14(3)9-16-17(19(16,4)5)20(6,10-12)18(21)22/h10-11,14-17H,7-9H2,1-6H3/t14-,15-,16-,17+,20+,21-/m1/s1. The molecule has 0 aromatic rings. The molecule has 6 atom stereocenters. The molecule has 4 aliphatic rings. The van der Waals surface area contributed by atoms with Crippen LogP contribution in [0.25, 0.3) is 0 Å². The zero-order chi connectivity index (χ0) is 16.1. The fourth-order valence-electron chi connectivity index (χ4n) is 7.08. The van der Waals surface area contributed by atoms with Crippen molar-refractivity contribution in [3.63, 3.8) is 0 Å². The van der Waals surface area contributed by atoms with E-state index in [2.05, 4.69) is 53.7 Å². The van der Waals surface area contributed by atoms with Crippen LogP contribution in [0.5, 0.6) is 0 Å². The molecule has 2 bridgehead atoms. The molecule has 4 aliphatic carbocycles. The van der Waals surface area contributed by atoms with Gasteiger partial charge in [-0.3, -0.25) is 4.79 Å². The third-order valence-corrected chi connectivity index (χ3v) is 7.85. The van der Waals surface area contributed by atoms with Crippen molar-refractivity contribution in [2.24, 2.45) is 39.9 Å². The number of fused-ring (bicyclic) bond motifs is 3. The van der Waals surface area contributed by atoms with E-state index in [1.165, 1.54) is 17.6 Å². The molecule has 2 saturated carbocycles. The van der Waals surface area contributed by atoms with Crippen molar-refractivity contribution in [2.75, 3.05) is 0 Å². The Morgan fingerprint density at radius 2 is 1.64 bits per heavy atom. The molecule has 0 heterocycles. The molecule has 0 aromatic carbocycles. The third-order valence-electron chi connectivity index (χ3n) is 7.85. The summed E-state index contributed by atoms with van der Waals surface area (Å²) in [7, 11) is 0. The van der Waals surface area contributed by atoms with Crippen molar-refractivity contribution >= 4 is 5.78 Å². The van der Waals surface area contributed by atoms with Gasteiger partial charge in [0.25, 0.3) is 0 Å². The lowest BCUT2D eigenvalue weighted by molar-refractivity contribution is -0.138. The molecule has 0 aliphatic heterocycles. The van der Waals surface area contributed by atoms with E-state index in [9.17, 15) is 4.79 Å². The van der Waals surface area contributed by atoms with Crippen LogP contribution in [0, 0.1) is 39.9 Å². The van der Waals surface area contributed by atoms with Gasteiger partial charge >= 0.3 is 0 Å². The first-order chi connectivity index (χ1) is 10.1. The summed E-state index contributed by atoms with van der Waals surface area (Å²) >= 11 is 0. The lowest BCUT2D eigenvalue weighted by Gasteiger charge is -2.41. The summed E-state index contributed by atoms with van der Waals surface area (Å²) in [6.07, 6.45) is 8.23. The largest absolute Gasteiger partial charge is 0.298 e. The van der Waals surface area contributed by atoms with Crippen molar-refractivity contribution in [1.82, 2.24) is 0 Å². The molecule has 1 nitrogen and oxygen atoms in total. The molecule has 22 heavy (non-hydrogen) atoms. The van der Waals surface area contributed by atoms with Gasteiger partial charge in [-0.15, -0.1) is 0 Å². The molecule has 0 amide bonds. The fourth-order valence-corrected chi connectivity index (χ4v) is 7.08. The van der Waals surface area contributed by atoms with Gasteiger partial charge < -0.3 is 0 Å². The lowest BCUT2D eigenvalue weighted by atomic mass is 9.60. The number of carbonyl (C=O) groups is 1. The summed E-state index contributed by atoms with van der Waals surface area (Å²) in [5.74, 6) is 2.79. The zero-order valence-electron chi connectivity index (χ0n) is 15.0. The van der Waals surface area contributed by atoms with E-state index in [4.69, 9.17) is 0 Å². The maximum Gasteiger partial charge on any atom is 0.153 e. The summed E-state index contributed by atoms with van der Waals surface area (Å²) in [6, 6.07) is 0. The number of hydrogen-bond donors (Lipinski definition) is 0. The Bertz CT molecular complexity index is 622. The summed E-state index contributed by atoms with van der Waals surface area (Å²) < 4.78 is 0. The Morgan fingerprint density at radius 1 is 1.05 bits per heavy atom.